The van der Waals surface area contributed by atoms with Crippen molar-refractivity contribution in [2.75, 3.05) is 46.3 Å². The Morgan fingerprint density at radius 2 is 1.82 bits per heavy atom. The predicted octanol–water partition coefficient (Wildman–Crippen LogP) is 1.64. The lowest BCUT2D eigenvalue weighted by Crippen LogP contribution is -2.41. The smallest absolute Gasteiger partial charge is 0.0105 e. The number of nitrogens with zero attached hydrogens (tertiary/aromatic N) is 2. The van der Waals surface area contributed by atoms with Gasteiger partial charge in [0, 0.05) is 26.2 Å². The molecule has 102 valence electrons. The molecule has 0 aliphatic carbocycles. The monoisotopic (exact) mass is 241 g/mol. The molecule has 1 aliphatic rings. The average molecular weight is 241 g/mol. The van der Waals surface area contributed by atoms with Crippen LogP contribution < -0.4 is 5.73 Å². The first-order chi connectivity index (χ1) is 7.90. The van der Waals surface area contributed by atoms with Gasteiger partial charge in [-0.25, -0.2) is 0 Å². The van der Waals surface area contributed by atoms with E-state index in [1.165, 1.54) is 39.0 Å². The maximum atomic E-state index is 5.59. The van der Waals surface area contributed by atoms with Gasteiger partial charge >= 0.3 is 0 Å². The van der Waals surface area contributed by atoms with Gasteiger partial charge in [0.05, 0.1) is 0 Å². The Kier molecular flexibility index (Phi) is 5.90. The largest absolute Gasteiger partial charge is 0.329 e. The Bertz CT molecular complexity index is 202. The summed E-state index contributed by atoms with van der Waals surface area (Å²) < 4.78 is 0. The zero-order valence-corrected chi connectivity index (χ0v) is 12.2. The van der Waals surface area contributed by atoms with E-state index in [0.717, 1.165) is 19.0 Å². The minimum absolute atomic E-state index is 0.412. The topological polar surface area (TPSA) is 32.5 Å². The molecule has 1 rings (SSSR count). The fraction of sp³-hybridized carbons (Fsp3) is 1.00. The second kappa shape index (κ2) is 6.72. The molecule has 17 heavy (non-hydrogen) atoms. The lowest BCUT2D eigenvalue weighted by Gasteiger charge is -2.35. The van der Waals surface area contributed by atoms with E-state index in [4.69, 9.17) is 5.73 Å². The van der Waals surface area contributed by atoms with Crippen molar-refractivity contribution in [1.29, 1.82) is 0 Å². The Balaban J connectivity index is 2.21. The molecule has 0 aromatic heterocycles. The zero-order valence-electron chi connectivity index (χ0n) is 12.2. The van der Waals surface area contributed by atoms with Gasteiger partial charge in [-0.3, -0.25) is 0 Å². The molecule has 0 radical (unpaired) electrons. The van der Waals surface area contributed by atoms with Gasteiger partial charge in [-0.2, -0.15) is 0 Å². The first-order valence-electron chi connectivity index (χ1n) is 7.01. The number of likely N-dealkylation sites (tertiary alicyclic amines) is 1. The summed E-state index contributed by atoms with van der Waals surface area (Å²) in [6.07, 6.45) is 2.68. The molecule has 0 spiro atoms. The molecule has 0 saturated carbocycles. The zero-order chi connectivity index (χ0) is 12.9. The van der Waals surface area contributed by atoms with Crippen LogP contribution in [0, 0.1) is 11.3 Å². The first kappa shape index (κ1) is 14.9. The van der Waals surface area contributed by atoms with Crippen LogP contribution in [0.2, 0.25) is 0 Å². The van der Waals surface area contributed by atoms with E-state index in [2.05, 4.69) is 37.6 Å². The van der Waals surface area contributed by atoms with Crippen molar-refractivity contribution in [3.63, 3.8) is 0 Å². The maximum Gasteiger partial charge on any atom is 0.0105 e. The van der Waals surface area contributed by atoms with E-state index in [9.17, 15) is 0 Å². The molecular weight excluding hydrogens is 210 g/mol. The summed E-state index contributed by atoms with van der Waals surface area (Å²) in [6, 6.07) is 0. The number of piperidine rings is 1. The van der Waals surface area contributed by atoms with Crippen molar-refractivity contribution >= 4 is 0 Å². The molecule has 3 heteroatoms. The second-order valence-electron chi connectivity index (χ2n) is 6.83. The van der Waals surface area contributed by atoms with Crippen LogP contribution in [-0.2, 0) is 0 Å². The van der Waals surface area contributed by atoms with Crippen molar-refractivity contribution in [2.24, 2.45) is 17.1 Å². The van der Waals surface area contributed by atoms with Crippen molar-refractivity contribution in [2.45, 2.75) is 33.6 Å². The van der Waals surface area contributed by atoms with Crippen molar-refractivity contribution in [3.05, 3.63) is 0 Å². The third-order valence-corrected chi connectivity index (χ3v) is 3.47. The molecule has 0 amide bonds. The normalized spacial score (nSPS) is 20.1. The van der Waals surface area contributed by atoms with Gasteiger partial charge in [-0.05, 0) is 44.3 Å². The Morgan fingerprint density at radius 3 is 2.29 bits per heavy atom. The van der Waals surface area contributed by atoms with Crippen LogP contribution in [0.15, 0.2) is 0 Å². The summed E-state index contributed by atoms with van der Waals surface area (Å²) in [5.74, 6) is 0.886. The number of nitrogens with two attached hydrogens (primary N) is 1. The highest BCUT2D eigenvalue weighted by Crippen LogP contribution is 2.20. The number of rotatable bonds is 5. The van der Waals surface area contributed by atoms with E-state index in [0.29, 0.717) is 5.41 Å². The number of hydrogen-bond acceptors (Lipinski definition) is 3. The van der Waals surface area contributed by atoms with Crippen LogP contribution in [0.25, 0.3) is 0 Å². The highest BCUT2D eigenvalue weighted by Gasteiger charge is 2.21. The van der Waals surface area contributed by atoms with Crippen LogP contribution in [0.4, 0.5) is 0 Å². The van der Waals surface area contributed by atoms with Gasteiger partial charge in [-0.1, -0.05) is 20.8 Å². The summed E-state index contributed by atoms with van der Waals surface area (Å²) in [5.41, 5.74) is 6.01. The van der Waals surface area contributed by atoms with E-state index in [1.807, 2.05) is 0 Å². The average Bonchev–Trinajstić information content (AvgIpc) is 2.18. The molecular formula is C14H31N3. The van der Waals surface area contributed by atoms with E-state index >= 15 is 0 Å². The molecule has 2 N–H and O–H groups in total. The fourth-order valence-corrected chi connectivity index (χ4v) is 2.89. The quantitative estimate of drug-likeness (QED) is 0.794. The Hall–Kier alpha value is -0.120. The van der Waals surface area contributed by atoms with Gasteiger partial charge in [0.2, 0.25) is 0 Å². The van der Waals surface area contributed by atoms with Crippen LogP contribution in [-0.4, -0.2) is 56.1 Å². The fourth-order valence-electron chi connectivity index (χ4n) is 2.89. The lowest BCUT2D eigenvalue weighted by atomic mass is 9.93. The standard InChI is InChI=1S/C14H31N3/c1-14(2,3)12-16(4)11-13-5-8-17(9-6-13)10-7-15/h13H,5-12,15H2,1-4H3. The third-order valence-electron chi connectivity index (χ3n) is 3.47. The van der Waals surface area contributed by atoms with Gasteiger partial charge < -0.3 is 15.5 Å². The van der Waals surface area contributed by atoms with Crippen LogP contribution in [0.5, 0.6) is 0 Å². The summed E-state index contributed by atoms with van der Waals surface area (Å²) >= 11 is 0. The molecule has 1 fully saturated rings. The highest BCUT2D eigenvalue weighted by atomic mass is 15.1. The summed E-state index contributed by atoms with van der Waals surface area (Å²) in [7, 11) is 2.26. The molecule has 0 atom stereocenters. The molecule has 0 bridgehead atoms. The molecule has 0 aromatic carbocycles. The summed E-state index contributed by atoms with van der Waals surface area (Å²) in [4.78, 5) is 5.00. The molecule has 0 aromatic rings. The lowest BCUT2D eigenvalue weighted by molar-refractivity contribution is 0.139. The summed E-state index contributed by atoms with van der Waals surface area (Å²) in [6.45, 7) is 13.7. The maximum absolute atomic E-state index is 5.59. The first-order valence-corrected chi connectivity index (χ1v) is 7.01. The SMILES string of the molecule is CN(CC1CCN(CCN)CC1)CC(C)(C)C. The molecule has 1 heterocycles. The molecule has 1 saturated heterocycles. The molecule has 1 aliphatic heterocycles. The van der Waals surface area contributed by atoms with Crippen LogP contribution in [0.3, 0.4) is 0 Å². The van der Waals surface area contributed by atoms with Crippen LogP contribution in [0.1, 0.15) is 33.6 Å². The third kappa shape index (κ3) is 6.39. The van der Waals surface area contributed by atoms with Gasteiger partial charge in [0.25, 0.3) is 0 Å². The van der Waals surface area contributed by atoms with Crippen LogP contribution >= 0.6 is 0 Å². The highest BCUT2D eigenvalue weighted by molar-refractivity contribution is 4.76. The van der Waals surface area contributed by atoms with Gasteiger partial charge in [-0.15, -0.1) is 0 Å². The van der Waals surface area contributed by atoms with Gasteiger partial charge in [0.1, 0.15) is 0 Å². The molecule has 0 unspecified atom stereocenters. The minimum Gasteiger partial charge on any atom is -0.329 e. The molecule has 3 nitrogen and oxygen atoms in total. The Morgan fingerprint density at radius 1 is 1.24 bits per heavy atom. The number of hydrogen-bond donors (Lipinski definition) is 1. The van der Waals surface area contributed by atoms with E-state index < -0.39 is 0 Å². The van der Waals surface area contributed by atoms with Gasteiger partial charge in [0.15, 0.2) is 0 Å². The Labute approximate surface area is 107 Å². The van der Waals surface area contributed by atoms with E-state index in [1.54, 1.807) is 0 Å². The van der Waals surface area contributed by atoms with Crippen molar-refractivity contribution in [3.8, 4) is 0 Å². The summed E-state index contributed by atoms with van der Waals surface area (Å²) in [5, 5.41) is 0. The predicted molar refractivity (Wildman–Crippen MR) is 75.2 cm³/mol. The van der Waals surface area contributed by atoms with Crippen molar-refractivity contribution in [1.82, 2.24) is 9.80 Å². The second-order valence-corrected chi connectivity index (χ2v) is 6.83. The van der Waals surface area contributed by atoms with Crippen molar-refractivity contribution < 1.29 is 0 Å². The minimum atomic E-state index is 0.412. The van der Waals surface area contributed by atoms with E-state index in [-0.39, 0.29) is 0 Å².